The van der Waals surface area contributed by atoms with E-state index in [1.807, 2.05) is 19.9 Å². The number of Topliss-reactive ketones (excluding diaryl/α,β-unsaturated/α-hetero) is 1. The van der Waals surface area contributed by atoms with Crippen molar-refractivity contribution in [1.82, 2.24) is 4.72 Å². The van der Waals surface area contributed by atoms with Crippen molar-refractivity contribution in [2.45, 2.75) is 40.2 Å². The minimum atomic E-state index is -1.29. The summed E-state index contributed by atoms with van der Waals surface area (Å²) in [6.45, 7) is 10.5. The lowest BCUT2D eigenvalue weighted by atomic mass is 10.2. The Morgan fingerprint density at radius 1 is 1.55 bits per heavy atom. The Kier molecular flexibility index (Phi) is 15.1. The molecule has 0 aromatic rings. The number of halogens is 1. The molecule has 0 heterocycles. The molecule has 0 bridgehead atoms. The lowest BCUT2D eigenvalue weighted by molar-refractivity contribution is -0.114. The van der Waals surface area contributed by atoms with E-state index >= 15 is 0 Å². The van der Waals surface area contributed by atoms with Crippen LogP contribution in [0.15, 0.2) is 35.2 Å². The Labute approximate surface area is 129 Å². The van der Waals surface area contributed by atoms with Crippen LogP contribution in [0.2, 0.25) is 0 Å². The quantitative estimate of drug-likeness (QED) is 0.463. The molecule has 20 heavy (non-hydrogen) atoms. The summed E-state index contributed by atoms with van der Waals surface area (Å²) in [6, 6.07) is -0.496. The van der Waals surface area contributed by atoms with E-state index in [4.69, 9.17) is 11.6 Å². The van der Waals surface area contributed by atoms with E-state index in [1.165, 1.54) is 5.41 Å². The van der Waals surface area contributed by atoms with E-state index in [9.17, 15) is 9.00 Å². The molecule has 0 saturated heterocycles. The van der Waals surface area contributed by atoms with Crippen molar-refractivity contribution in [3.63, 3.8) is 0 Å². The highest BCUT2D eigenvalue weighted by molar-refractivity contribution is 7.86. The first-order chi connectivity index (χ1) is 9.38. The van der Waals surface area contributed by atoms with Crippen LogP contribution in [0.5, 0.6) is 0 Å². The summed E-state index contributed by atoms with van der Waals surface area (Å²) in [5, 5.41) is 2.11. The van der Waals surface area contributed by atoms with E-state index in [0.717, 1.165) is 6.42 Å². The fraction of sp³-hybridized carbons (Fsp3) is 0.400. The number of hydrogen-bond acceptors (Lipinski definition) is 2. The SMILES string of the molecule is C=C(Cl)/C=C\C.CC#CC(=O)C(C)NS(=O)/C=C/CC. The van der Waals surface area contributed by atoms with Gasteiger partial charge in [0.25, 0.3) is 0 Å². The molecule has 0 amide bonds. The van der Waals surface area contributed by atoms with Crippen LogP contribution in [-0.4, -0.2) is 16.0 Å². The second kappa shape index (κ2) is 14.3. The highest BCUT2D eigenvalue weighted by Crippen LogP contribution is 1.95. The zero-order valence-corrected chi connectivity index (χ0v) is 14.0. The molecule has 0 radical (unpaired) electrons. The molecule has 2 atom stereocenters. The number of hydrogen-bond donors (Lipinski definition) is 1. The van der Waals surface area contributed by atoms with Crippen LogP contribution in [0.1, 0.15) is 34.1 Å². The smallest absolute Gasteiger partial charge is 0.222 e. The van der Waals surface area contributed by atoms with Gasteiger partial charge in [0.1, 0.15) is 11.0 Å². The van der Waals surface area contributed by atoms with Crippen LogP contribution in [0.3, 0.4) is 0 Å². The van der Waals surface area contributed by atoms with Gasteiger partial charge in [0, 0.05) is 10.4 Å². The minimum Gasteiger partial charge on any atom is -0.283 e. The minimum absolute atomic E-state index is 0.245. The maximum absolute atomic E-state index is 11.2. The first-order valence-electron chi connectivity index (χ1n) is 6.16. The molecule has 0 aliphatic heterocycles. The van der Waals surface area contributed by atoms with E-state index < -0.39 is 17.0 Å². The summed E-state index contributed by atoms with van der Waals surface area (Å²) in [6.07, 6.45) is 6.19. The van der Waals surface area contributed by atoms with Gasteiger partial charge in [-0.25, -0.2) is 8.93 Å². The third-order valence-electron chi connectivity index (χ3n) is 1.74. The highest BCUT2D eigenvalue weighted by atomic mass is 35.5. The molecule has 5 heteroatoms. The molecular formula is C15H22ClNO2S. The third kappa shape index (κ3) is 14.9. The molecule has 2 unspecified atom stereocenters. The van der Waals surface area contributed by atoms with E-state index in [2.05, 4.69) is 23.1 Å². The molecule has 112 valence electrons. The van der Waals surface area contributed by atoms with Crippen molar-refractivity contribution in [2.24, 2.45) is 0 Å². The number of carbonyl (C=O) groups excluding carboxylic acids is 1. The predicted octanol–water partition coefficient (Wildman–Crippen LogP) is 3.46. The van der Waals surface area contributed by atoms with Crippen molar-refractivity contribution in [2.75, 3.05) is 0 Å². The fourth-order valence-electron chi connectivity index (χ4n) is 0.863. The van der Waals surface area contributed by atoms with Gasteiger partial charge in [0.2, 0.25) is 5.78 Å². The standard InChI is InChI=1S/C10H15NO2S.C5H7Cl/c1-4-6-8-14(13)11-9(3)10(12)7-5-2;1-3-4-5(2)6/h6,8-9,11H,4H2,1-3H3;3-4H,2H2,1H3/b8-6+;4-3-. The molecule has 0 fully saturated rings. The lowest BCUT2D eigenvalue weighted by Gasteiger charge is -2.05. The molecule has 0 aliphatic carbocycles. The van der Waals surface area contributed by atoms with Gasteiger partial charge in [-0.15, -0.1) is 0 Å². The maximum Gasteiger partial charge on any atom is 0.222 e. The summed E-state index contributed by atoms with van der Waals surface area (Å²) in [7, 11) is -1.29. The van der Waals surface area contributed by atoms with Crippen LogP contribution >= 0.6 is 11.6 Å². The largest absolute Gasteiger partial charge is 0.283 e. The molecule has 0 aromatic carbocycles. The first kappa shape index (κ1) is 21.2. The van der Waals surface area contributed by atoms with Crippen molar-refractivity contribution < 1.29 is 9.00 Å². The van der Waals surface area contributed by atoms with Crippen LogP contribution < -0.4 is 4.72 Å². The Balaban J connectivity index is 0. The predicted molar refractivity (Wildman–Crippen MR) is 88.4 cm³/mol. The summed E-state index contributed by atoms with van der Waals surface area (Å²) in [4.78, 5) is 11.2. The Hall–Kier alpha value is -1.15. The van der Waals surface area contributed by atoms with E-state index in [-0.39, 0.29) is 5.78 Å². The Bertz CT molecular complexity index is 445. The second-order valence-electron chi connectivity index (χ2n) is 3.60. The fourth-order valence-corrected chi connectivity index (χ4v) is 1.89. The lowest BCUT2D eigenvalue weighted by Crippen LogP contribution is -2.33. The molecule has 0 spiro atoms. The zero-order chi connectivity index (χ0) is 16.0. The van der Waals surface area contributed by atoms with Crippen molar-refractivity contribution in [3.8, 4) is 11.8 Å². The molecule has 1 N–H and O–H groups in total. The molecule has 3 nitrogen and oxygen atoms in total. The molecule has 0 rings (SSSR count). The topological polar surface area (TPSA) is 46.2 Å². The van der Waals surface area contributed by atoms with Crippen molar-refractivity contribution >= 4 is 28.4 Å². The van der Waals surface area contributed by atoms with Crippen molar-refractivity contribution in [1.29, 1.82) is 0 Å². The van der Waals surface area contributed by atoms with Crippen LogP contribution in [0.4, 0.5) is 0 Å². The average molecular weight is 316 g/mol. The average Bonchev–Trinajstić information content (AvgIpc) is 2.37. The van der Waals surface area contributed by atoms with Gasteiger partial charge in [0.05, 0.1) is 6.04 Å². The number of allylic oxidation sites excluding steroid dienone is 4. The van der Waals surface area contributed by atoms with Gasteiger partial charge in [-0.05, 0) is 39.2 Å². The molecule has 0 aromatic heterocycles. The second-order valence-corrected chi connectivity index (χ2v) is 5.19. The molecular weight excluding hydrogens is 294 g/mol. The first-order valence-corrected chi connectivity index (χ1v) is 7.75. The Morgan fingerprint density at radius 3 is 2.50 bits per heavy atom. The zero-order valence-electron chi connectivity index (χ0n) is 12.4. The summed E-state index contributed by atoms with van der Waals surface area (Å²) >= 11 is 5.30. The monoisotopic (exact) mass is 315 g/mol. The Morgan fingerprint density at radius 2 is 2.15 bits per heavy atom. The van der Waals surface area contributed by atoms with E-state index in [1.54, 1.807) is 26.0 Å². The number of rotatable bonds is 6. The summed E-state index contributed by atoms with van der Waals surface area (Å²) < 4.78 is 13.9. The van der Waals surface area contributed by atoms with Crippen molar-refractivity contribution in [3.05, 3.63) is 35.2 Å². The van der Waals surface area contributed by atoms with Crippen LogP contribution in [0.25, 0.3) is 0 Å². The van der Waals surface area contributed by atoms with Gasteiger partial charge in [-0.2, -0.15) is 0 Å². The number of ketones is 1. The van der Waals surface area contributed by atoms with Gasteiger partial charge in [0.15, 0.2) is 0 Å². The normalized spacial score (nSPS) is 13.1. The van der Waals surface area contributed by atoms with Gasteiger partial charge < -0.3 is 0 Å². The highest BCUT2D eigenvalue weighted by Gasteiger charge is 2.10. The van der Waals surface area contributed by atoms with E-state index in [0.29, 0.717) is 5.03 Å². The molecule has 0 aliphatic rings. The number of carbonyl (C=O) groups is 1. The summed E-state index contributed by atoms with van der Waals surface area (Å²) in [5.41, 5.74) is 0. The van der Waals surface area contributed by atoms with Gasteiger partial charge >= 0.3 is 0 Å². The maximum atomic E-state index is 11.2. The summed E-state index contributed by atoms with van der Waals surface area (Å²) in [5.74, 6) is 4.66. The molecule has 0 saturated carbocycles. The van der Waals surface area contributed by atoms with Gasteiger partial charge in [-0.3, -0.25) is 4.79 Å². The van der Waals surface area contributed by atoms with Gasteiger partial charge in [-0.1, -0.05) is 43.2 Å². The van der Waals surface area contributed by atoms with Crippen LogP contribution in [-0.2, 0) is 15.8 Å². The number of nitrogens with one attached hydrogen (secondary N) is 1. The van der Waals surface area contributed by atoms with Crippen LogP contribution in [0, 0.1) is 11.8 Å². The third-order valence-corrected chi connectivity index (χ3v) is 2.89.